The van der Waals surface area contributed by atoms with Crippen LogP contribution in [0, 0.1) is 19.7 Å². The first-order valence-electron chi connectivity index (χ1n) is 7.43. The molecule has 0 saturated carbocycles. The Labute approximate surface area is 137 Å². The number of fused-ring (bicyclic) bond motifs is 2. The van der Waals surface area contributed by atoms with Gasteiger partial charge in [0.15, 0.2) is 10.7 Å². The molecule has 1 aromatic carbocycles. The molecule has 1 aliphatic rings. The fourth-order valence-electron chi connectivity index (χ4n) is 3.09. The first kappa shape index (κ1) is 15.1. The lowest BCUT2D eigenvalue weighted by atomic mass is 10.1. The molecule has 4 rings (SSSR count). The van der Waals surface area contributed by atoms with Gasteiger partial charge >= 0.3 is 0 Å². The lowest BCUT2D eigenvalue weighted by Gasteiger charge is -2.18. The zero-order valence-corrected chi connectivity index (χ0v) is 13.9. The number of sulfonamides is 1. The molecule has 124 valence electrons. The van der Waals surface area contributed by atoms with E-state index in [0.717, 1.165) is 10.9 Å². The highest BCUT2D eigenvalue weighted by Gasteiger charge is 2.36. The monoisotopic (exact) mass is 347 g/mol. The predicted molar refractivity (Wildman–Crippen MR) is 85.9 cm³/mol. The maximum atomic E-state index is 13.5. The summed E-state index contributed by atoms with van der Waals surface area (Å²) in [6.07, 6.45) is 0.554. The molecule has 0 unspecified atom stereocenters. The van der Waals surface area contributed by atoms with Gasteiger partial charge in [0.05, 0.1) is 5.52 Å². The second kappa shape index (κ2) is 5.01. The number of aryl methyl sites for hydroxylation is 2. The van der Waals surface area contributed by atoms with E-state index in [0.29, 0.717) is 23.4 Å². The molecule has 8 heteroatoms. The molecule has 0 saturated heterocycles. The molecular formula is C16H14FN3O3S. The van der Waals surface area contributed by atoms with Gasteiger partial charge in [-0.3, -0.25) is 0 Å². The lowest BCUT2D eigenvalue weighted by Crippen LogP contribution is -2.30. The first-order chi connectivity index (χ1) is 11.4. The number of hydrogen-bond donors (Lipinski definition) is 0. The number of nitrogens with zero attached hydrogens (tertiary/aromatic N) is 3. The Morgan fingerprint density at radius 2 is 2.04 bits per heavy atom. The van der Waals surface area contributed by atoms with Crippen LogP contribution in [0.2, 0.25) is 0 Å². The second-order valence-corrected chi connectivity index (χ2v) is 7.59. The molecule has 0 fully saturated rings. The molecule has 0 spiro atoms. The molecular weight excluding hydrogens is 333 g/mol. The summed E-state index contributed by atoms with van der Waals surface area (Å²) in [5, 5.41) is 4.50. The van der Waals surface area contributed by atoms with Crippen molar-refractivity contribution in [3.8, 4) is 0 Å². The zero-order valence-electron chi connectivity index (χ0n) is 13.1. The number of anilines is 1. The predicted octanol–water partition coefficient (Wildman–Crippen LogP) is 2.73. The minimum absolute atomic E-state index is 0.0662. The highest BCUT2D eigenvalue weighted by Crippen LogP contribution is 2.35. The van der Waals surface area contributed by atoms with Crippen molar-refractivity contribution in [1.82, 2.24) is 10.1 Å². The van der Waals surface area contributed by atoms with Crippen molar-refractivity contribution in [2.45, 2.75) is 25.2 Å². The summed E-state index contributed by atoms with van der Waals surface area (Å²) in [5.74, 6) is 0.175. The molecule has 1 aliphatic heterocycles. The summed E-state index contributed by atoms with van der Waals surface area (Å²) < 4.78 is 45.7. The van der Waals surface area contributed by atoms with Gasteiger partial charge in [0.25, 0.3) is 10.0 Å². The van der Waals surface area contributed by atoms with Crippen molar-refractivity contribution in [2.24, 2.45) is 0 Å². The molecule has 0 radical (unpaired) electrons. The summed E-state index contributed by atoms with van der Waals surface area (Å²) in [5.41, 5.74) is 1.56. The van der Waals surface area contributed by atoms with E-state index >= 15 is 0 Å². The lowest BCUT2D eigenvalue weighted by molar-refractivity contribution is 0.390. The van der Waals surface area contributed by atoms with Crippen LogP contribution in [0.5, 0.6) is 0 Å². The Morgan fingerprint density at radius 3 is 2.75 bits per heavy atom. The van der Waals surface area contributed by atoms with E-state index < -0.39 is 15.8 Å². The third-order valence-corrected chi connectivity index (χ3v) is 6.21. The van der Waals surface area contributed by atoms with Crippen LogP contribution in [0.1, 0.15) is 17.0 Å². The van der Waals surface area contributed by atoms with E-state index in [1.54, 1.807) is 19.9 Å². The van der Waals surface area contributed by atoms with Gasteiger partial charge in [-0.15, -0.1) is 0 Å². The van der Waals surface area contributed by atoms with Crippen molar-refractivity contribution in [3.63, 3.8) is 0 Å². The van der Waals surface area contributed by atoms with Gasteiger partial charge in [-0.1, -0.05) is 5.16 Å². The summed E-state index contributed by atoms with van der Waals surface area (Å²) in [6, 6.07) is 6.17. The molecule has 3 aromatic rings. The fraction of sp³-hybridized carbons (Fsp3) is 0.250. The molecule has 0 aliphatic carbocycles. The van der Waals surface area contributed by atoms with Gasteiger partial charge < -0.3 is 4.52 Å². The Balaban J connectivity index is 1.89. The van der Waals surface area contributed by atoms with Crippen molar-refractivity contribution in [3.05, 3.63) is 47.1 Å². The van der Waals surface area contributed by atoms with E-state index in [-0.39, 0.29) is 17.2 Å². The largest absolute Gasteiger partial charge is 0.360 e. The number of halogens is 1. The Hall–Kier alpha value is -2.48. The maximum Gasteiger partial charge on any atom is 0.270 e. The SMILES string of the molecule is Cc1noc(C)c1S(=O)(=O)N1CCc2cc3ccc(F)cc3nc21. The maximum absolute atomic E-state index is 13.5. The van der Waals surface area contributed by atoms with Crippen LogP contribution in [-0.4, -0.2) is 25.1 Å². The van der Waals surface area contributed by atoms with Crippen LogP contribution in [-0.2, 0) is 16.4 Å². The van der Waals surface area contributed by atoms with Crippen LogP contribution in [0.4, 0.5) is 10.2 Å². The fourth-order valence-corrected chi connectivity index (χ4v) is 4.84. The van der Waals surface area contributed by atoms with Crippen LogP contribution in [0.25, 0.3) is 10.9 Å². The number of hydrogen-bond acceptors (Lipinski definition) is 5. The number of pyridine rings is 1. The Bertz CT molecular complexity index is 1060. The van der Waals surface area contributed by atoms with Crippen LogP contribution < -0.4 is 4.31 Å². The zero-order chi connectivity index (χ0) is 17.1. The molecule has 0 bridgehead atoms. The Morgan fingerprint density at radius 1 is 1.25 bits per heavy atom. The highest BCUT2D eigenvalue weighted by molar-refractivity contribution is 7.93. The average Bonchev–Trinajstić information content (AvgIpc) is 3.08. The van der Waals surface area contributed by atoms with Crippen LogP contribution in [0.3, 0.4) is 0 Å². The Kier molecular flexibility index (Phi) is 3.14. The quantitative estimate of drug-likeness (QED) is 0.712. The van der Waals surface area contributed by atoms with Gasteiger partial charge in [-0.05, 0) is 44.0 Å². The summed E-state index contributed by atoms with van der Waals surface area (Å²) in [7, 11) is -3.83. The molecule has 3 heterocycles. The standard InChI is InChI=1S/C16H14FN3O3S/c1-9-15(10(2)23-19-9)24(21,22)20-6-5-12-7-11-3-4-13(17)8-14(11)18-16(12)20/h3-4,7-8H,5-6H2,1-2H3. The average molecular weight is 347 g/mol. The van der Waals surface area contributed by atoms with Crippen molar-refractivity contribution < 1.29 is 17.3 Å². The topological polar surface area (TPSA) is 76.3 Å². The minimum atomic E-state index is -3.83. The summed E-state index contributed by atoms with van der Waals surface area (Å²) in [6.45, 7) is 3.43. The summed E-state index contributed by atoms with van der Waals surface area (Å²) in [4.78, 5) is 4.46. The van der Waals surface area contributed by atoms with Crippen molar-refractivity contribution in [2.75, 3.05) is 10.8 Å². The van der Waals surface area contributed by atoms with Crippen molar-refractivity contribution >= 4 is 26.7 Å². The molecule has 2 aromatic heterocycles. The van der Waals surface area contributed by atoms with E-state index in [2.05, 4.69) is 10.1 Å². The number of benzene rings is 1. The van der Waals surface area contributed by atoms with Gasteiger partial charge in [0.1, 0.15) is 17.3 Å². The molecule has 0 amide bonds. The van der Waals surface area contributed by atoms with Gasteiger partial charge in [0, 0.05) is 18.0 Å². The minimum Gasteiger partial charge on any atom is -0.360 e. The second-order valence-electron chi connectivity index (χ2n) is 5.79. The molecule has 24 heavy (non-hydrogen) atoms. The number of rotatable bonds is 2. The molecule has 0 N–H and O–H groups in total. The van der Waals surface area contributed by atoms with Gasteiger partial charge in [0.2, 0.25) is 0 Å². The van der Waals surface area contributed by atoms with E-state index in [9.17, 15) is 12.8 Å². The van der Waals surface area contributed by atoms with E-state index in [1.165, 1.54) is 16.4 Å². The van der Waals surface area contributed by atoms with Crippen molar-refractivity contribution in [1.29, 1.82) is 0 Å². The normalized spacial score (nSPS) is 14.4. The number of aromatic nitrogens is 2. The molecule has 6 nitrogen and oxygen atoms in total. The van der Waals surface area contributed by atoms with E-state index in [4.69, 9.17) is 4.52 Å². The van der Waals surface area contributed by atoms with Crippen LogP contribution >= 0.6 is 0 Å². The smallest absolute Gasteiger partial charge is 0.270 e. The van der Waals surface area contributed by atoms with Gasteiger partial charge in [-0.2, -0.15) is 0 Å². The molecule has 0 atom stereocenters. The van der Waals surface area contributed by atoms with Crippen LogP contribution in [0.15, 0.2) is 33.7 Å². The van der Waals surface area contributed by atoms with Gasteiger partial charge in [-0.25, -0.2) is 22.1 Å². The first-order valence-corrected chi connectivity index (χ1v) is 8.87. The van der Waals surface area contributed by atoms with E-state index in [1.807, 2.05) is 6.07 Å². The third kappa shape index (κ3) is 2.10. The highest BCUT2D eigenvalue weighted by atomic mass is 32.2. The summed E-state index contributed by atoms with van der Waals surface area (Å²) >= 11 is 0. The third-order valence-electron chi connectivity index (χ3n) is 4.17.